The van der Waals surface area contributed by atoms with Gasteiger partial charge in [-0.3, -0.25) is 0 Å². The van der Waals surface area contributed by atoms with E-state index in [-0.39, 0.29) is 6.03 Å². The molecule has 0 aromatic rings. The van der Waals surface area contributed by atoms with Crippen LogP contribution in [0.4, 0.5) is 4.79 Å². The van der Waals surface area contributed by atoms with Gasteiger partial charge in [0.2, 0.25) is 0 Å². The molecular weight excluding hydrogens is 234 g/mol. The summed E-state index contributed by atoms with van der Waals surface area (Å²) >= 11 is 0. The summed E-state index contributed by atoms with van der Waals surface area (Å²) in [6.45, 7) is 6.86. The Morgan fingerprint density at radius 2 is 2.11 bits per heavy atom. The molecule has 0 bridgehead atoms. The third kappa shape index (κ3) is 5.20. The van der Waals surface area contributed by atoms with E-state index < -0.39 is 0 Å². The smallest absolute Gasteiger partial charge is 0.317 e. The summed E-state index contributed by atoms with van der Waals surface area (Å²) in [5.74, 6) is 0. The second-order valence-electron chi connectivity index (χ2n) is 4.61. The molecule has 1 saturated heterocycles. The van der Waals surface area contributed by atoms with Crippen LogP contribution in [-0.4, -0.2) is 82.0 Å². The van der Waals surface area contributed by atoms with Crippen LogP contribution in [0, 0.1) is 0 Å². The number of urea groups is 1. The van der Waals surface area contributed by atoms with Crippen molar-refractivity contribution < 1.29 is 14.3 Å². The average molecular weight is 259 g/mol. The molecule has 0 saturated carbocycles. The van der Waals surface area contributed by atoms with Crippen LogP contribution < -0.4 is 5.32 Å². The zero-order chi connectivity index (χ0) is 13.4. The lowest BCUT2D eigenvalue weighted by Crippen LogP contribution is -2.54. The molecular formula is C12H25N3O3. The van der Waals surface area contributed by atoms with Crippen molar-refractivity contribution in [1.29, 1.82) is 0 Å². The number of hydrogen-bond donors (Lipinski definition) is 1. The van der Waals surface area contributed by atoms with Crippen molar-refractivity contribution in [2.75, 3.05) is 60.2 Å². The van der Waals surface area contributed by atoms with Crippen LogP contribution in [0.25, 0.3) is 0 Å². The van der Waals surface area contributed by atoms with Gasteiger partial charge in [-0.15, -0.1) is 0 Å². The Bertz CT molecular complexity index is 251. The van der Waals surface area contributed by atoms with E-state index in [1.54, 1.807) is 7.11 Å². The summed E-state index contributed by atoms with van der Waals surface area (Å²) in [6.07, 6.45) is 0. The van der Waals surface area contributed by atoms with Crippen LogP contribution in [0.3, 0.4) is 0 Å². The highest BCUT2D eigenvalue weighted by molar-refractivity contribution is 5.74. The van der Waals surface area contributed by atoms with Crippen LogP contribution in [0.2, 0.25) is 0 Å². The van der Waals surface area contributed by atoms with Crippen molar-refractivity contribution in [2.24, 2.45) is 0 Å². The summed E-state index contributed by atoms with van der Waals surface area (Å²) in [5.41, 5.74) is 0. The van der Waals surface area contributed by atoms with Gasteiger partial charge in [-0.25, -0.2) is 4.79 Å². The minimum atomic E-state index is 0.00490. The lowest BCUT2D eigenvalue weighted by molar-refractivity contribution is 0.0709. The molecule has 0 radical (unpaired) electrons. The number of amides is 2. The van der Waals surface area contributed by atoms with Gasteiger partial charge in [0.15, 0.2) is 0 Å². The van der Waals surface area contributed by atoms with E-state index in [9.17, 15) is 4.79 Å². The van der Waals surface area contributed by atoms with Gasteiger partial charge in [0.05, 0.1) is 19.8 Å². The Morgan fingerprint density at radius 1 is 1.33 bits per heavy atom. The molecule has 1 N–H and O–H groups in total. The Hall–Kier alpha value is -0.850. The number of nitrogens with one attached hydrogen (secondary N) is 1. The van der Waals surface area contributed by atoms with Crippen molar-refractivity contribution in [3.05, 3.63) is 0 Å². The number of nitrogens with zero attached hydrogens (tertiary/aromatic N) is 2. The number of ether oxygens (including phenoxy) is 2. The molecule has 6 heteroatoms. The first-order valence-electron chi connectivity index (χ1n) is 6.45. The molecule has 1 heterocycles. The Morgan fingerprint density at radius 3 is 2.78 bits per heavy atom. The van der Waals surface area contributed by atoms with Crippen LogP contribution in [0.1, 0.15) is 6.92 Å². The lowest BCUT2D eigenvalue weighted by atomic mass is 10.2. The highest BCUT2D eigenvalue weighted by Gasteiger charge is 2.23. The van der Waals surface area contributed by atoms with Gasteiger partial charge in [-0.1, -0.05) is 0 Å². The molecule has 1 fully saturated rings. The molecule has 106 valence electrons. The van der Waals surface area contributed by atoms with Gasteiger partial charge in [0, 0.05) is 39.3 Å². The highest BCUT2D eigenvalue weighted by Crippen LogP contribution is 2.06. The molecule has 0 spiro atoms. The molecule has 1 rings (SSSR count). The molecule has 2 amide bonds. The number of likely N-dealkylation sites (N-methyl/N-ethyl adjacent to an activating group) is 1. The number of carbonyl (C=O) groups excluding carboxylic acids is 1. The molecule has 0 aromatic heterocycles. The lowest BCUT2D eigenvalue weighted by Gasteiger charge is -2.37. The Kier molecular flexibility index (Phi) is 7.00. The van der Waals surface area contributed by atoms with Gasteiger partial charge in [0.25, 0.3) is 0 Å². The molecule has 1 aliphatic rings. The van der Waals surface area contributed by atoms with E-state index >= 15 is 0 Å². The number of hydrogen-bond acceptors (Lipinski definition) is 4. The van der Waals surface area contributed by atoms with Crippen molar-refractivity contribution in [3.8, 4) is 0 Å². The van der Waals surface area contributed by atoms with Gasteiger partial charge >= 0.3 is 6.03 Å². The van der Waals surface area contributed by atoms with Gasteiger partial charge in [-0.2, -0.15) is 0 Å². The van der Waals surface area contributed by atoms with Crippen molar-refractivity contribution in [1.82, 2.24) is 15.1 Å². The standard InChI is InChI=1S/C12H25N3O3/c1-11-10-15(6-5-14(11)2)12(16)13-4-7-18-9-8-17-3/h11H,4-10H2,1-3H3,(H,13,16)/t11-/m0/s1. The van der Waals surface area contributed by atoms with Crippen LogP contribution in [0.15, 0.2) is 0 Å². The maximum absolute atomic E-state index is 11.9. The quantitative estimate of drug-likeness (QED) is 0.682. The zero-order valence-electron chi connectivity index (χ0n) is 11.6. The van der Waals surface area contributed by atoms with E-state index in [0.29, 0.717) is 32.4 Å². The van der Waals surface area contributed by atoms with E-state index in [2.05, 4.69) is 24.2 Å². The maximum Gasteiger partial charge on any atom is 0.317 e. The second kappa shape index (κ2) is 8.29. The summed E-state index contributed by atoms with van der Waals surface area (Å²) in [6, 6.07) is 0.424. The largest absolute Gasteiger partial charge is 0.382 e. The second-order valence-corrected chi connectivity index (χ2v) is 4.61. The van der Waals surface area contributed by atoms with E-state index in [1.807, 2.05) is 4.90 Å². The van der Waals surface area contributed by atoms with Crippen molar-refractivity contribution >= 4 is 6.03 Å². The number of piperazine rings is 1. The van der Waals surface area contributed by atoms with E-state index in [4.69, 9.17) is 9.47 Å². The highest BCUT2D eigenvalue weighted by atomic mass is 16.5. The SMILES string of the molecule is COCCOCCNC(=O)N1CCN(C)[C@@H](C)C1. The fourth-order valence-corrected chi connectivity index (χ4v) is 1.82. The van der Waals surface area contributed by atoms with Crippen molar-refractivity contribution in [2.45, 2.75) is 13.0 Å². The topological polar surface area (TPSA) is 54.0 Å². The Balaban J connectivity index is 2.09. The van der Waals surface area contributed by atoms with E-state index in [0.717, 1.165) is 19.6 Å². The summed E-state index contributed by atoms with van der Waals surface area (Å²) in [5, 5.41) is 2.87. The molecule has 0 unspecified atom stereocenters. The number of carbonyl (C=O) groups is 1. The molecule has 18 heavy (non-hydrogen) atoms. The molecule has 6 nitrogen and oxygen atoms in total. The van der Waals surface area contributed by atoms with E-state index in [1.165, 1.54) is 0 Å². The third-order valence-corrected chi connectivity index (χ3v) is 3.20. The fourth-order valence-electron chi connectivity index (χ4n) is 1.82. The van der Waals surface area contributed by atoms with Crippen LogP contribution in [0.5, 0.6) is 0 Å². The zero-order valence-corrected chi connectivity index (χ0v) is 11.6. The first-order chi connectivity index (χ1) is 8.65. The van der Waals surface area contributed by atoms with Gasteiger partial charge in [0.1, 0.15) is 0 Å². The monoisotopic (exact) mass is 259 g/mol. The molecule has 1 atom stereocenters. The minimum absolute atomic E-state index is 0.00490. The molecule has 0 aliphatic carbocycles. The molecule has 0 aromatic carbocycles. The van der Waals surface area contributed by atoms with Crippen molar-refractivity contribution in [3.63, 3.8) is 0 Å². The fraction of sp³-hybridized carbons (Fsp3) is 0.917. The van der Waals surface area contributed by atoms with Gasteiger partial charge < -0.3 is 24.6 Å². The predicted octanol–water partition coefficient (Wildman–Crippen LogP) is -0.00510. The summed E-state index contributed by atoms with van der Waals surface area (Å²) in [4.78, 5) is 16.0. The third-order valence-electron chi connectivity index (χ3n) is 3.20. The van der Waals surface area contributed by atoms with Gasteiger partial charge in [-0.05, 0) is 14.0 Å². The number of rotatable bonds is 6. The Labute approximate surface area is 109 Å². The van der Waals surface area contributed by atoms with Crippen LogP contribution in [-0.2, 0) is 9.47 Å². The van der Waals surface area contributed by atoms with Crippen LogP contribution >= 0.6 is 0 Å². The minimum Gasteiger partial charge on any atom is -0.382 e. The first-order valence-corrected chi connectivity index (χ1v) is 6.45. The number of methoxy groups -OCH3 is 1. The normalized spacial score (nSPS) is 21.1. The summed E-state index contributed by atoms with van der Waals surface area (Å²) in [7, 11) is 3.73. The summed E-state index contributed by atoms with van der Waals surface area (Å²) < 4.78 is 10.1. The first kappa shape index (κ1) is 15.2. The predicted molar refractivity (Wildman–Crippen MR) is 69.8 cm³/mol. The average Bonchev–Trinajstić information content (AvgIpc) is 2.36. The molecule has 1 aliphatic heterocycles. The maximum atomic E-state index is 11.9.